The molecule has 1 aliphatic carbocycles. The van der Waals surface area contributed by atoms with Gasteiger partial charge in [0.1, 0.15) is 17.2 Å². The fourth-order valence-corrected chi connectivity index (χ4v) is 3.78. The van der Waals surface area contributed by atoms with Crippen molar-refractivity contribution < 1.29 is 22.7 Å². The summed E-state index contributed by atoms with van der Waals surface area (Å²) in [5.41, 5.74) is -1.21. The number of carbonyl (C=O) groups excluding carboxylic acids is 1. The molecule has 7 nitrogen and oxygen atoms in total. The number of ether oxygens (including phenoxy) is 1. The summed E-state index contributed by atoms with van der Waals surface area (Å²) in [4.78, 5) is 17.3. The maximum Gasteiger partial charge on any atom is 0.397 e. The number of pyridine rings is 1. The summed E-state index contributed by atoms with van der Waals surface area (Å²) < 4.78 is 48.2. The van der Waals surface area contributed by atoms with Crippen molar-refractivity contribution in [1.82, 2.24) is 19.5 Å². The summed E-state index contributed by atoms with van der Waals surface area (Å²) in [7, 11) is 0. The topological polar surface area (TPSA) is 92.8 Å². The smallest absolute Gasteiger partial charge is 0.397 e. The second-order valence-corrected chi connectivity index (χ2v) is 8.58. The van der Waals surface area contributed by atoms with Crippen LogP contribution in [0.4, 0.5) is 13.2 Å². The number of halogens is 4. The van der Waals surface area contributed by atoms with Gasteiger partial charge in [0, 0.05) is 17.2 Å². The Morgan fingerprint density at radius 1 is 1.30 bits per heavy atom. The molecule has 1 aromatic carbocycles. The van der Waals surface area contributed by atoms with Gasteiger partial charge in [0.05, 0.1) is 17.2 Å². The highest BCUT2D eigenvalue weighted by Gasteiger charge is 2.64. The summed E-state index contributed by atoms with van der Waals surface area (Å²) in [5.74, 6) is -0.197. The van der Waals surface area contributed by atoms with Crippen LogP contribution >= 0.6 is 23.5 Å². The molecule has 1 amide bonds. The molecule has 1 saturated carbocycles. The van der Waals surface area contributed by atoms with Gasteiger partial charge in [0.25, 0.3) is 5.91 Å². The van der Waals surface area contributed by atoms with Crippen LogP contribution < -0.4 is 9.46 Å². The first-order valence-electron chi connectivity index (χ1n) is 9.60. The molecule has 3 aromatic rings. The number of nitrogens with zero attached hydrogens (tertiary/aromatic N) is 4. The monoisotopic (exact) mass is 493 g/mol. The molecule has 0 atom stereocenters. The molecule has 2 aromatic heterocycles. The van der Waals surface area contributed by atoms with Crippen molar-refractivity contribution in [2.75, 3.05) is 6.61 Å². The molecule has 33 heavy (non-hydrogen) atoms. The number of nitriles is 1. The number of aromatic nitrogens is 3. The molecular weight excluding hydrogens is 479 g/mol. The minimum atomic E-state index is -4.31. The van der Waals surface area contributed by atoms with E-state index < -0.39 is 24.1 Å². The van der Waals surface area contributed by atoms with E-state index in [0.29, 0.717) is 10.5 Å². The molecule has 12 heteroatoms. The minimum Gasteiger partial charge on any atom is -0.476 e. The van der Waals surface area contributed by atoms with Gasteiger partial charge < -0.3 is 4.74 Å². The molecule has 1 fully saturated rings. The lowest BCUT2D eigenvalue weighted by atomic mass is 10.1. The second-order valence-electron chi connectivity index (χ2n) is 7.35. The van der Waals surface area contributed by atoms with Crippen LogP contribution in [0.15, 0.2) is 53.6 Å². The lowest BCUT2D eigenvalue weighted by Crippen LogP contribution is -2.30. The van der Waals surface area contributed by atoms with Crippen LogP contribution in [0.1, 0.15) is 28.8 Å². The first-order chi connectivity index (χ1) is 15.7. The van der Waals surface area contributed by atoms with Crippen LogP contribution in [0.3, 0.4) is 0 Å². The zero-order valence-corrected chi connectivity index (χ0v) is 18.3. The fraction of sp³-hybridized carbons (Fsp3) is 0.238. The molecule has 0 spiro atoms. The fourth-order valence-electron chi connectivity index (χ4n) is 2.90. The molecule has 4 rings (SSSR count). The lowest BCUT2D eigenvalue weighted by molar-refractivity contribution is -0.194. The van der Waals surface area contributed by atoms with Gasteiger partial charge in [-0.3, -0.25) is 9.52 Å². The first kappa shape index (κ1) is 22.9. The Hall–Kier alpha value is -3.23. The van der Waals surface area contributed by atoms with Crippen molar-refractivity contribution in [3.8, 4) is 17.8 Å². The minimum absolute atomic E-state index is 0.0290. The molecule has 0 bridgehead atoms. The van der Waals surface area contributed by atoms with Crippen molar-refractivity contribution in [3.63, 3.8) is 0 Å². The average Bonchev–Trinajstić information content (AvgIpc) is 3.46. The van der Waals surface area contributed by atoms with Gasteiger partial charge in [0.15, 0.2) is 5.82 Å². The number of rotatable bonds is 7. The Balaban J connectivity index is 1.39. The third-order valence-corrected chi connectivity index (χ3v) is 6.12. The molecular formula is C21H15ClF3N5O2S. The van der Waals surface area contributed by atoms with Gasteiger partial charge in [-0.1, -0.05) is 17.7 Å². The quantitative estimate of drug-likeness (QED) is 0.370. The van der Waals surface area contributed by atoms with Crippen molar-refractivity contribution in [2.24, 2.45) is 5.41 Å². The van der Waals surface area contributed by atoms with Crippen LogP contribution in [0, 0.1) is 16.7 Å². The number of amides is 1. The zero-order chi connectivity index (χ0) is 23.6. The number of carbonyl (C=O) groups is 1. The van der Waals surface area contributed by atoms with Crippen molar-refractivity contribution >= 4 is 29.5 Å². The van der Waals surface area contributed by atoms with Gasteiger partial charge in [0.2, 0.25) is 5.88 Å². The zero-order valence-electron chi connectivity index (χ0n) is 16.8. The normalized spacial score (nSPS) is 14.4. The van der Waals surface area contributed by atoms with Crippen molar-refractivity contribution in [1.29, 1.82) is 5.26 Å². The molecule has 0 unspecified atom stereocenters. The van der Waals surface area contributed by atoms with Crippen molar-refractivity contribution in [3.05, 3.63) is 64.9 Å². The van der Waals surface area contributed by atoms with E-state index in [1.54, 1.807) is 24.3 Å². The predicted octanol–water partition coefficient (Wildman–Crippen LogP) is 4.95. The molecule has 1 aliphatic rings. The van der Waals surface area contributed by atoms with Crippen LogP contribution in [0.25, 0.3) is 5.82 Å². The Labute approximate surface area is 195 Å². The largest absolute Gasteiger partial charge is 0.476 e. The van der Waals surface area contributed by atoms with Gasteiger partial charge >= 0.3 is 6.18 Å². The number of nitrogens with one attached hydrogen (secondary N) is 1. The summed E-state index contributed by atoms with van der Waals surface area (Å²) in [5, 5.41) is 12.9. The highest BCUT2D eigenvalue weighted by molar-refractivity contribution is 7.98. The van der Waals surface area contributed by atoms with E-state index in [4.69, 9.17) is 21.6 Å². The average molecular weight is 494 g/mol. The molecule has 0 radical (unpaired) electrons. The second kappa shape index (κ2) is 8.96. The van der Waals surface area contributed by atoms with Crippen molar-refractivity contribution in [2.45, 2.75) is 23.9 Å². The van der Waals surface area contributed by atoms with Gasteiger partial charge in [-0.25, -0.2) is 9.67 Å². The summed E-state index contributed by atoms with van der Waals surface area (Å²) >= 11 is 7.20. The highest BCUT2D eigenvalue weighted by Crippen LogP contribution is 2.57. The van der Waals surface area contributed by atoms with E-state index in [9.17, 15) is 18.0 Å². The van der Waals surface area contributed by atoms with E-state index in [1.807, 2.05) is 6.07 Å². The number of alkyl halides is 3. The third-order valence-electron chi connectivity index (χ3n) is 5.05. The molecule has 1 N–H and O–H groups in total. The Morgan fingerprint density at radius 3 is 2.76 bits per heavy atom. The van der Waals surface area contributed by atoms with Gasteiger partial charge in [-0.05, 0) is 55.1 Å². The molecule has 2 heterocycles. The molecule has 170 valence electrons. The number of hydrogen-bond acceptors (Lipinski definition) is 6. The molecule has 0 aliphatic heterocycles. The van der Waals surface area contributed by atoms with Gasteiger partial charge in [-0.15, -0.1) is 5.10 Å². The standard InChI is InChI=1S/C21H15ClF3N5O2S/c22-18-15(19(31)29-33-14-3-1-2-13(10-14)11-26)4-5-16(27-18)30-9-6-17(28-30)32-12-20(7-8-20)21(23,24)25/h1-6,9-10H,7-8,12H2,(H,29,31). The van der Waals surface area contributed by atoms with Crippen LogP contribution in [-0.2, 0) is 0 Å². The third kappa shape index (κ3) is 5.07. The SMILES string of the molecule is N#Cc1cccc(SNC(=O)c2ccc(-n3ccc(OCC4(C(F)(F)F)CC4)n3)nc2Cl)c1. The summed E-state index contributed by atoms with van der Waals surface area (Å²) in [6, 6.07) is 13.1. The predicted molar refractivity (Wildman–Crippen MR) is 114 cm³/mol. The number of benzene rings is 1. The molecule has 0 saturated heterocycles. The van der Waals surface area contributed by atoms with Crippen LogP contribution in [0.2, 0.25) is 5.15 Å². The summed E-state index contributed by atoms with van der Waals surface area (Å²) in [6.07, 6.45) is -2.75. The van der Waals surface area contributed by atoms with E-state index in [0.717, 1.165) is 11.9 Å². The van der Waals surface area contributed by atoms with Gasteiger partial charge in [-0.2, -0.15) is 18.4 Å². The van der Waals surface area contributed by atoms with Crippen LogP contribution in [-0.4, -0.2) is 33.5 Å². The maximum absolute atomic E-state index is 13.0. The lowest BCUT2D eigenvalue weighted by Gasteiger charge is -2.18. The van der Waals surface area contributed by atoms with Crippen LogP contribution in [0.5, 0.6) is 5.88 Å². The van der Waals surface area contributed by atoms with E-state index in [1.165, 1.54) is 29.1 Å². The van der Waals surface area contributed by atoms with E-state index >= 15 is 0 Å². The Bertz CT molecular complexity index is 1240. The highest BCUT2D eigenvalue weighted by atomic mass is 35.5. The summed E-state index contributed by atoms with van der Waals surface area (Å²) in [6.45, 7) is -0.490. The first-order valence-corrected chi connectivity index (χ1v) is 10.8. The number of hydrogen-bond donors (Lipinski definition) is 1. The van der Waals surface area contributed by atoms with E-state index in [2.05, 4.69) is 14.8 Å². The van der Waals surface area contributed by atoms with E-state index in [-0.39, 0.29) is 35.3 Å². The Kier molecular flexibility index (Phi) is 6.23. The Morgan fingerprint density at radius 2 is 2.09 bits per heavy atom. The maximum atomic E-state index is 13.0.